The number of carbonyl (C=O) groups is 1. The highest BCUT2D eigenvalue weighted by atomic mass is 32.2. The van der Waals surface area contributed by atoms with E-state index in [4.69, 9.17) is 16.3 Å². The zero-order valence-electron chi connectivity index (χ0n) is 15.3. The fourth-order valence-corrected chi connectivity index (χ4v) is 3.99. The Balaban J connectivity index is 2.27. The number of non-ortho nitro benzene ring substituents is 1. The van der Waals surface area contributed by atoms with E-state index in [1.165, 1.54) is 47.8 Å². The molecule has 0 saturated heterocycles. The smallest absolute Gasteiger partial charge is 0.269 e. The molecule has 2 aromatic carbocycles. The fraction of sp³-hybridized carbons (Fsp3) is 0.211. The van der Waals surface area contributed by atoms with E-state index in [9.17, 15) is 14.9 Å². The predicted molar refractivity (Wildman–Crippen MR) is 114 cm³/mol. The summed E-state index contributed by atoms with van der Waals surface area (Å²) in [6.07, 6.45) is 0.715. The van der Waals surface area contributed by atoms with E-state index in [0.717, 1.165) is 9.79 Å². The second-order valence-corrected chi connectivity index (χ2v) is 7.93. The van der Waals surface area contributed by atoms with E-state index in [2.05, 4.69) is 17.5 Å². The van der Waals surface area contributed by atoms with Crippen LogP contribution in [0.2, 0.25) is 0 Å². The van der Waals surface area contributed by atoms with Crippen LogP contribution in [-0.2, 0) is 0 Å². The van der Waals surface area contributed by atoms with Crippen molar-refractivity contribution in [2.24, 2.45) is 0 Å². The third-order valence-electron chi connectivity index (χ3n) is 3.64. The molecule has 29 heavy (non-hydrogen) atoms. The van der Waals surface area contributed by atoms with Crippen molar-refractivity contribution in [3.05, 3.63) is 52.1 Å². The van der Waals surface area contributed by atoms with E-state index in [1.807, 2.05) is 0 Å². The van der Waals surface area contributed by atoms with Crippen LogP contribution in [0.5, 0.6) is 0 Å². The molecule has 0 saturated carbocycles. The third-order valence-corrected chi connectivity index (χ3v) is 5.77. The number of anilines is 2. The maximum atomic E-state index is 12.6. The van der Waals surface area contributed by atoms with Crippen molar-refractivity contribution < 1.29 is 9.72 Å². The van der Waals surface area contributed by atoms with Gasteiger partial charge in [0.2, 0.25) is 0 Å². The summed E-state index contributed by atoms with van der Waals surface area (Å²) in [7, 11) is 0. The van der Waals surface area contributed by atoms with Gasteiger partial charge in [0, 0.05) is 57.5 Å². The van der Waals surface area contributed by atoms with Gasteiger partial charge in [0.15, 0.2) is 0 Å². The van der Waals surface area contributed by atoms with Gasteiger partial charge in [-0.05, 0) is 24.3 Å². The standard InChI is InChI=1S/C19H17N5O3S2/c20-7-1-9-28-17-12-16(18(11-15(17)22)29-10-2-8-21)23-19(25)13-3-5-14(6-4-13)24(26)27/h3-6,11-12H,1-2,9-10,22H2,(H,23,25). The summed E-state index contributed by atoms with van der Waals surface area (Å²) >= 11 is 2.81. The highest BCUT2D eigenvalue weighted by Gasteiger charge is 2.14. The van der Waals surface area contributed by atoms with Gasteiger partial charge in [-0.15, -0.1) is 23.5 Å². The fourth-order valence-electron chi connectivity index (χ4n) is 2.26. The number of benzene rings is 2. The average molecular weight is 428 g/mol. The molecule has 2 rings (SSSR count). The number of hydrogen-bond donors (Lipinski definition) is 2. The molecule has 0 aliphatic rings. The number of nitro groups is 1. The highest BCUT2D eigenvalue weighted by Crippen LogP contribution is 2.37. The molecule has 2 aromatic rings. The number of nitrogens with zero attached hydrogens (tertiary/aromatic N) is 3. The number of nitrogens with one attached hydrogen (secondary N) is 1. The van der Waals surface area contributed by atoms with E-state index < -0.39 is 10.8 Å². The molecule has 0 spiro atoms. The Morgan fingerprint density at radius 3 is 2.21 bits per heavy atom. The number of hydrogen-bond acceptors (Lipinski definition) is 8. The SMILES string of the molecule is N#CCCSc1cc(NC(=O)c2ccc([N+](=O)[O-])cc2)c(SCCC#N)cc1N. The molecule has 10 heteroatoms. The predicted octanol–water partition coefficient (Wildman–Crippen LogP) is 4.44. The van der Waals surface area contributed by atoms with Crippen LogP contribution >= 0.6 is 23.5 Å². The lowest BCUT2D eigenvalue weighted by Crippen LogP contribution is -2.13. The molecule has 0 aliphatic carbocycles. The van der Waals surface area contributed by atoms with E-state index in [-0.39, 0.29) is 11.3 Å². The number of nitriles is 2. The average Bonchev–Trinajstić information content (AvgIpc) is 2.71. The summed E-state index contributed by atoms with van der Waals surface area (Å²) in [5, 5.41) is 31.0. The number of nitrogens with two attached hydrogens (primary N) is 1. The molecule has 0 radical (unpaired) electrons. The Morgan fingerprint density at radius 1 is 1.07 bits per heavy atom. The van der Waals surface area contributed by atoms with Crippen LogP contribution in [0.15, 0.2) is 46.2 Å². The van der Waals surface area contributed by atoms with Crippen molar-refractivity contribution in [3.8, 4) is 12.1 Å². The van der Waals surface area contributed by atoms with Crippen molar-refractivity contribution >= 4 is 46.5 Å². The van der Waals surface area contributed by atoms with Crippen LogP contribution < -0.4 is 11.1 Å². The first-order chi connectivity index (χ1) is 14.0. The maximum Gasteiger partial charge on any atom is 0.269 e. The van der Waals surface area contributed by atoms with Gasteiger partial charge in [0.1, 0.15) is 0 Å². The van der Waals surface area contributed by atoms with Crippen LogP contribution in [-0.4, -0.2) is 22.3 Å². The van der Waals surface area contributed by atoms with Crippen molar-refractivity contribution in [3.63, 3.8) is 0 Å². The molecule has 0 bridgehead atoms. The summed E-state index contributed by atoms with van der Waals surface area (Å²) in [4.78, 5) is 24.3. The van der Waals surface area contributed by atoms with Gasteiger partial charge < -0.3 is 11.1 Å². The summed E-state index contributed by atoms with van der Waals surface area (Å²) < 4.78 is 0. The van der Waals surface area contributed by atoms with Crippen molar-refractivity contribution in [1.29, 1.82) is 10.5 Å². The number of nitro benzene ring substituents is 1. The van der Waals surface area contributed by atoms with E-state index >= 15 is 0 Å². The molecule has 0 aliphatic heterocycles. The number of carbonyl (C=O) groups excluding carboxylic acids is 1. The van der Waals surface area contributed by atoms with E-state index in [0.29, 0.717) is 35.7 Å². The quantitative estimate of drug-likeness (QED) is 0.196. The lowest BCUT2D eigenvalue weighted by Gasteiger charge is -2.14. The summed E-state index contributed by atoms with van der Waals surface area (Å²) in [5.41, 5.74) is 7.34. The molecule has 0 heterocycles. The van der Waals surface area contributed by atoms with Crippen molar-refractivity contribution in [1.82, 2.24) is 0 Å². The monoisotopic (exact) mass is 427 g/mol. The molecule has 8 nitrogen and oxygen atoms in total. The number of rotatable bonds is 9. The Bertz CT molecular complexity index is 981. The summed E-state index contributed by atoms with van der Waals surface area (Å²) in [5.74, 6) is 0.689. The zero-order valence-corrected chi connectivity index (χ0v) is 16.9. The number of amides is 1. The number of thioether (sulfide) groups is 2. The second-order valence-electron chi connectivity index (χ2n) is 5.66. The maximum absolute atomic E-state index is 12.6. The minimum absolute atomic E-state index is 0.0991. The summed E-state index contributed by atoms with van der Waals surface area (Å²) in [6, 6.07) is 12.9. The molecule has 0 fully saturated rings. The minimum Gasteiger partial charge on any atom is -0.398 e. The molecule has 0 aromatic heterocycles. The normalized spacial score (nSPS) is 10.0. The second kappa shape index (κ2) is 11.0. The number of nitrogen functional groups attached to an aromatic ring is 1. The van der Waals surface area contributed by atoms with Gasteiger partial charge in [-0.2, -0.15) is 10.5 Å². The van der Waals surface area contributed by atoms with Gasteiger partial charge in [-0.1, -0.05) is 0 Å². The first kappa shape index (κ1) is 22.1. The minimum atomic E-state index is -0.531. The molecule has 3 N–H and O–H groups in total. The Hall–Kier alpha value is -3.21. The Labute approximate surface area is 176 Å². The van der Waals surface area contributed by atoms with Gasteiger partial charge >= 0.3 is 0 Å². The zero-order chi connectivity index (χ0) is 21.2. The molecular weight excluding hydrogens is 410 g/mol. The molecule has 1 amide bonds. The first-order valence-corrected chi connectivity index (χ1v) is 10.4. The van der Waals surface area contributed by atoms with Gasteiger partial charge in [-0.3, -0.25) is 14.9 Å². The van der Waals surface area contributed by atoms with Crippen LogP contribution in [0.4, 0.5) is 17.1 Å². The molecule has 0 unspecified atom stereocenters. The topological polar surface area (TPSA) is 146 Å². The van der Waals surface area contributed by atoms with Crippen LogP contribution in [0.25, 0.3) is 0 Å². The largest absolute Gasteiger partial charge is 0.398 e. The lowest BCUT2D eigenvalue weighted by molar-refractivity contribution is -0.384. The van der Waals surface area contributed by atoms with Crippen LogP contribution in [0.3, 0.4) is 0 Å². The van der Waals surface area contributed by atoms with Gasteiger partial charge in [0.25, 0.3) is 11.6 Å². The van der Waals surface area contributed by atoms with Crippen molar-refractivity contribution in [2.75, 3.05) is 22.6 Å². The van der Waals surface area contributed by atoms with Gasteiger partial charge in [-0.25, -0.2) is 0 Å². The third kappa shape index (κ3) is 6.42. The van der Waals surface area contributed by atoms with Crippen LogP contribution in [0.1, 0.15) is 23.2 Å². The molecule has 148 valence electrons. The molecular formula is C19H17N5O3S2. The highest BCUT2D eigenvalue weighted by molar-refractivity contribution is 8.00. The lowest BCUT2D eigenvalue weighted by atomic mass is 10.2. The molecule has 0 atom stereocenters. The van der Waals surface area contributed by atoms with Crippen LogP contribution in [0, 0.1) is 32.8 Å². The first-order valence-electron chi connectivity index (χ1n) is 8.45. The van der Waals surface area contributed by atoms with Crippen molar-refractivity contribution in [2.45, 2.75) is 22.6 Å². The van der Waals surface area contributed by atoms with Gasteiger partial charge in [0.05, 0.1) is 22.7 Å². The van der Waals surface area contributed by atoms with E-state index in [1.54, 1.807) is 12.1 Å². The Morgan fingerprint density at radius 2 is 1.66 bits per heavy atom. The Kier molecular flexibility index (Phi) is 8.34. The summed E-state index contributed by atoms with van der Waals surface area (Å²) in [6.45, 7) is 0.